The average Bonchev–Trinajstić information content (AvgIpc) is 2.92. The molecule has 22 heavy (non-hydrogen) atoms. The van der Waals surface area contributed by atoms with E-state index in [0.29, 0.717) is 18.4 Å². The Balaban J connectivity index is 0.00000242. The van der Waals surface area contributed by atoms with Gasteiger partial charge in [0.15, 0.2) is 5.96 Å². The standard InChI is InChI=1S/C17H27N3O.HI/c1-3-13(2)14-6-8-15(9-7-14)20-16(18)19-12-17(21)10-4-5-11-17;/h6-9,13,21H,3-5,10-12H2,1-2H3,(H3,18,19,20);1H. The Labute approximate surface area is 150 Å². The Morgan fingerprint density at radius 3 is 2.45 bits per heavy atom. The number of rotatable bonds is 5. The fraction of sp³-hybridized carbons (Fsp3) is 0.588. The molecule has 0 saturated heterocycles. The molecule has 0 heterocycles. The predicted molar refractivity (Wildman–Crippen MR) is 104 cm³/mol. The molecule has 1 aliphatic carbocycles. The van der Waals surface area contributed by atoms with Crippen LogP contribution in [0.25, 0.3) is 0 Å². The van der Waals surface area contributed by atoms with E-state index in [0.717, 1.165) is 37.8 Å². The molecule has 0 bridgehead atoms. The van der Waals surface area contributed by atoms with Crippen LogP contribution in [0, 0.1) is 0 Å². The number of nitrogens with two attached hydrogens (primary N) is 1. The first-order chi connectivity index (χ1) is 10.0. The third-order valence-corrected chi connectivity index (χ3v) is 4.44. The lowest BCUT2D eigenvalue weighted by Gasteiger charge is -2.19. The summed E-state index contributed by atoms with van der Waals surface area (Å²) in [6.45, 7) is 4.80. The van der Waals surface area contributed by atoms with Crippen molar-refractivity contribution in [2.75, 3.05) is 11.9 Å². The van der Waals surface area contributed by atoms with Crippen molar-refractivity contribution in [3.05, 3.63) is 29.8 Å². The van der Waals surface area contributed by atoms with Crippen LogP contribution in [0.4, 0.5) is 5.69 Å². The lowest BCUT2D eigenvalue weighted by molar-refractivity contribution is 0.0575. The number of aliphatic imine (C=N–C) groups is 1. The van der Waals surface area contributed by atoms with Crippen molar-refractivity contribution in [3.8, 4) is 0 Å². The number of nitrogens with one attached hydrogen (secondary N) is 1. The summed E-state index contributed by atoms with van der Waals surface area (Å²) in [5.74, 6) is 0.938. The van der Waals surface area contributed by atoms with Gasteiger partial charge in [-0.15, -0.1) is 24.0 Å². The third kappa shape index (κ3) is 5.43. The smallest absolute Gasteiger partial charge is 0.193 e. The van der Waals surface area contributed by atoms with Gasteiger partial charge < -0.3 is 16.2 Å². The predicted octanol–water partition coefficient (Wildman–Crippen LogP) is 3.85. The molecule has 0 radical (unpaired) electrons. The van der Waals surface area contributed by atoms with Gasteiger partial charge in [-0.1, -0.05) is 38.8 Å². The number of guanidine groups is 1. The Bertz CT molecular complexity index is 481. The molecule has 124 valence electrons. The number of hydrogen-bond donors (Lipinski definition) is 3. The van der Waals surface area contributed by atoms with Crippen molar-refractivity contribution < 1.29 is 5.11 Å². The van der Waals surface area contributed by atoms with Crippen molar-refractivity contribution in [2.24, 2.45) is 10.7 Å². The minimum atomic E-state index is -0.646. The Kier molecular flexibility index (Phi) is 7.62. The van der Waals surface area contributed by atoms with Crippen LogP contribution >= 0.6 is 24.0 Å². The first-order valence-electron chi connectivity index (χ1n) is 7.92. The number of aliphatic hydroxyl groups is 1. The van der Waals surface area contributed by atoms with Crippen LogP contribution in [0.1, 0.15) is 57.4 Å². The summed E-state index contributed by atoms with van der Waals surface area (Å²) in [5.41, 5.74) is 7.51. The van der Waals surface area contributed by atoms with Crippen molar-refractivity contribution in [2.45, 2.75) is 57.5 Å². The van der Waals surface area contributed by atoms with Gasteiger partial charge in [0.1, 0.15) is 0 Å². The Morgan fingerprint density at radius 1 is 1.32 bits per heavy atom. The Morgan fingerprint density at radius 2 is 1.91 bits per heavy atom. The van der Waals surface area contributed by atoms with E-state index in [1.54, 1.807) is 0 Å². The molecule has 1 saturated carbocycles. The van der Waals surface area contributed by atoms with Gasteiger partial charge in [0.25, 0.3) is 0 Å². The maximum atomic E-state index is 10.2. The van der Waals surface area contributed by atoms with Crippen LogP contribution in [0.3, 0.4) is 0 Å². The number of hydrogen-bond acceptors (Lipinski definition) is 2. The van der Waals surface area contributed by atoms with Crippen LogP contribution in [-0.4, -0.2) is 23.2 Å². The molecule has 5 heteroatoms. The lowest BCUT2D eigenvalue weighted by atomic mass is 9.99. The highest BCUT2D eigenvalue weighted by atomic mass is 127. The lowest BCUT2D eigenvalue weighted by Crippen LogP contribution is -2.31. The summed E-state index contributed by atoms with van der Waals surface area (Å²) in [6, 6.07) is 8.28. The van der Waals surface area contributed by atoms with Crippen LogP contribution in [0.5, 0.6) is 0 Å². The van der Waals surface area contributed by atoms with E-state index in [1.165, 1.54) is 5.56 Å². The van der Waals surface area contributed by atoms with Crippen molar-refractivity contribution in [1.29, 1.82) is 0 Å². The van der Waals surface area contributed by atoms with Gasteiger partial charge in [-0.3, -0.25) is 4.99 Å². The molecule has 0 amide bonds. The van der Waals surface area contributed by atoms with Crippen molar-refractivity contribution in [1.82, 2.24) is 0 Å². The van der Waals surface area contributed by atoms with Gasteiger partial charge in [0, 0.05) is 5.69 Å². The number of anilines is 1. The number of nitrogens with zero attached hydrogens (tertiary/aromatic N) is 1. The minimum Gasteiger partial charge on any atom is -0.388 e. The van der Waals surface area contributed by atoms with Gasteiger partial charge in [-0.2, -0.15) is 0 Å². The Hall–Kier alpha value is -0.820. The molecule has 1 aromatic carbocycles. The van der Waals surface area contributed by atoms with Crippen LogP contribution in [0.15, 0.2) is 29.3 Å². The van der Waals surface area contributed by atoms with Crippen LogP contribution in [0.2, 0.25) is 0 Å². The van der Waals surface area contributed by atoms with E-state index >= 15 is 0 Å². The minimum absolute atomic E-state index is 0. The van der Waals surface area contributed by atoms with Gasteiger partial charge in [0.2, 0.25) is 0 Å². The molecule has 4 nitrogen and oxygen atoms in total. The summed E-state index contributed by atoms with van der Waals surface area (Å²) in [6.07, 6.45) is 4.95. The number of benzene rings is 1. The van der Waals surface area contributed by atoms with Crippen molar-refractivity contribution in [3.63, 3.8) is 0 Å². The summed E-state index contributed by atoms with van der Waals surface area (Å²) >= 11 is 0. The molecule has 1 aromatic rings. The van der Waals surface area contributed by atoms with E-state index < -0.39 is 5.60 Å². The highest BCUT2D eigenvalue weighted by Crippen LogP contribution is 2.29. The molecule has 1 aliphatic rings. The summed E-state index contributed by atoms with van der Waals surface area (Å²) in [4.78, 5) is 4.28. The maximum absolute atomic E-state index is 10.2. The summed E-state index contributed by atoms with van der Waals surface area (Å²) in [7, 11) is 0. The normalized spacial score (nSPS) is 18.6. The van der Waals surface area contributed by atoms with E-state index in [9.17, 15) is 5.11 Å². The van der Waals surface area contributed by atoms with Gasteiger partial charge in [0.05, 0.1) is 12.1 Å². The average molecular weight is 417 g/mol. The first kappa shape index (κ1) is 19.2. The fourth-order valence-electron chi connectivity index (χ4n) is 2.74. The van der Waals surface area contributed by atoms with E-state index in [4.69, 9.17) is 5.73 Å². The van der Waals surface area contributed by atoms with Gasteiger partial charge in [-0.25, -0.2) is 0 Å². The molecular weight excluding hydrogens is 389 g/mol. The fourth-order valence-corrected chi connectivity index (χ4v) is 2.74. The second-order valence-electron chi connectivity index (χ2n) is 6.19. The topological polar surface area (TPSA) is 70.6 Å². The molecule has 1 fully saturated rings. The van der Waals surface area contributed by atoms with Crippen LogP contribution in [-0.2, 0) is 0 Å². The molecule has 1 unspecified atom stereocenters. The summed E-state index contributed by atoms with van der Waals surface area (Å²) < 4.78 is 0. The zero-order valence-corrected chi connectivity index (χ0v) is 15.8. The van der Waals surface area contributed by atoms with Crippen molar-refractivity contribution >= 4 is 35.6 Å². The highest BCUT2D eigenvalue weighted by molar-refractivity contribution is 14.0. The second-order valence-corrected chi connectivity index (χ2v) is 6.19. The molecule has 0 aliphatic heterocycles. The second kappa shape index (κ2) is 8.72. The monoisotopic (exact) mass is 417 g/mol. The SMILES string of the molecule is CCC(C)c1ccc(NC(N)=NCC2(O)CCCC2)cc1.I. The number of halogens is 1. The largest absolute Gasteiger partial charge is 0.388 e. The molecule has 2 rings (SSSR count). The van der Waals surface area contributed by atoms with Gasteiger partial charge >= 0.3 is 0 Å². The molecule has 0 spiro atoms. The van der Waals surface area contributed by atoms with Gasteiger partial charge in [-0.05, 0) is 42.9 Å². The highest BCUT2D eigenvalue weighted by Gasteiger charge is 2.30. The van der Waals surface area contributed by atoms with E-state index in [2.05, 4.69) is 36.3 Å². The quantitative estimate of drug-likeness (QED) is 0.387. The molecular formula is C17H28IN3O. The van der Waals surface area contributed by atoms with Crippen LogP contribution < -0.4 is 11.1 Å². The zero-order chi connectivity index (χ0) is 15.3. The summed E-state index contributed by atoms with van der Waals surface area (Å²) in [5, 5.41) is 13.3. The third-order valence-electron chi connectivity index (χ3n) is 4.44. The van der Waals surface area contributed by atoms with E-state index in [-0.39, 0.29) is 24.0 Å². The first-order valence-corrected chi connectivity index (χ1v) is 7.92. The zero-order valence-electron chi connectivity index (χ0n) is 13.5. The molecule has 1 atom stereocenters. The molecule has 4 N–H and O–H groups in total. The molecule has 0 aromatic heterocycles. The maximum Gasteiger partial charge on any atom is 0.193 e. The van der Waals surface area contributed by atoms with E-state index in [1.807, 2.05) is 12.1 Å².